The highest BCUT2D eigenvalue weighted by Crippen LogP contribution is 2.47. The summed E-state index contributed by atoms with van der Waals surface area (Å²) in [5.41, 5.74) is 2.03. The molecule has 2 aliphatic rings. The van der Waals surface area contributed by atoms with E-state index in [1.807, 2.05) is 23.1 Å². The highest BCUT2D eigenvalue weighted by Gasteiger charge is 2.48. The van der Waals surface area contributed by atoms with Crippen molar-refractivity contribution in [2.45, 2.75) is 38.1 Å². The first-order valence-electron chi connectivity index (χ1n) is 10.6. The Labute approximate surface area is 181 Å². The Bertz CT molecular complexity index is 1260. The van der Waals surface area contributed by atoms with Crippen molar-refractivity contribution in [3.05, 3.63) is 31.0 Å². The summed E-state index contributed by atoms with van der Waals surface area (Å²) in [5, 5.41) is 15.2. The van der Waals surface area contributed by atoms with Crippen LogP contribution in [0, 0.1) is 23.2 Å². The highest BCUT2D eigenvalue weighted by molar-refractivity contribution is 7.89. The fourth-order valence-corrected chi connectivity index (χ4v) is 6.51. The summed E-state index contributed by atoms with van der Waals surface area (Å²) < 4.78 is 28.3. The van der Waals surface area contributed by atoms with Crippen molar-refractivity contribution in [2.75, 3.05) is 18.8 Å². The van der Waals surface area contributed by atoms with Gasteiger partial charge in [0.1, 0.15) is 12.0 Å². The molecular weight excluding hydrogens is 414 g/mol. The summed E-state index contributed by atoms with van der Waals surface area (Å²) in [6.07, 6.45) is 9.95. The molecule has 1 saturated heterocycles. The van der Waals surface area contributed by atoms with Gasteiger partial charge in [-0.1, -0.05) is 0 Å². The molecule has 0 aromatic carbocycles. The molecule has 3 aromatic heterocycles. The average molecular weight is 440 g/mol. The number of hydrogen-bond donors (Lipinski definition) is 1. The lowest BCUT2D eigenvalue weighted by Crippen LogP contribution is -2.42. The number of hydrogen-bond acceptors (Lipinski definition) is 6. The van der Waals surface area contributed by atoms with Gasteiger partial charge in [0.2, 0.25) is 10.0 Å². The van der Waals surface area contributed by atoms with Crippen molar-refractivity contribution in [2.24, 2.45) is 11.8 Å². The summed E-state index contributed by atoms with van der Waals surface area (Å²) in [6.45, 7) is 2.83. The largest absolute Gasteiger partial charge is 0.346 e. The minimum Gasteiger partial charge on any atom is -0.346 e. The van der Waals surface area contributed by atoms with Crippen molar-refractivity contribution in [3.8, 4) is 17.3 Å². The van der Waals surface area contributed by atoms with E-state index in [0.717, 1.165) is 41.6 Å². The van der Waals surface area contributed by atoms with E-state index in [2.05, 4.69) is 26.1 Å². The van der Waals surface area contributed by atoms with Gasteiger partial charge in [0.25, 0.3) is 0 Å². The van der Waals surface area contributed by atoms with Crippen molar-refractivity contribution in [1.82, 2.24) is 29.0 Å². The van der Waals surface area contributed by atoms with Gasteiger partial charge in [-0.3, -0.25) is 4.68 Å². The molecule has 1 saturated carbocycles. The molecule has 0 unspecified atom stereocenters. The molecule has 1 aliphatic heterocycles. The van der Waals surface area contributed by atoms with Crippen LogP contribution in [0.15, 0.2) is 31.0 Å². The third kappa shape index (κ3) is 3.32. The highest BCUT2D eigenvalue weighted by atomic mass is 32.2. The normalized spacial score (nSPS) is 26.7. The van der Waals surface area contributed by atoms with Gasteiger partial charge in [0, 0.05) is 36.4 Å². The van der Waals surface area contributed by atoms with E-state index in [1.54, 1.807) is 17.4 Å². The molecule has 0 radical (unpaired) electrons. The second kappa shape index (κ2) is 7.43. The van der Waals surface area contributed by atoms with Crippen LogP contribution in [0.2, 0.25) is 0 Å². The first-order valence-corrected chi connectivity index (χ1v) is 12.2. The summed E-state index contributed by atoms with van der Waals surface area (Å²) in [5.74, 6) is 0.723. The number of nitriles is 1. The van der Waals surface area contributed by atoms with Gasteiger partial charge in [-0.25, -0.2) is 22.7 Å². The van der Waals surface area contributed by atoms with Crippen molar-refractivity contribution in [1.29, 1.82) is 5.26 Å². The predicted octanol–water partition coefficient (Wildman–Crippen LogP) is 2.51. The maximum Gasteiger partial charge on any atom is 0.213 e. The van der Waals surface area contributed by atoms with E-state index in [4.69, 9.17) is 0 Å². The fourth-order valence-electron chi connectivity index (χ4n) is 5.31. The number of rotatable bonds is 5. The second-order valence-electron chi connectivity index (χ2n) is 8.68. The van der Waals surface area contributed by atoms with Gasteiger partial charge >= 0.3 is 0 Å². The maximum absolute atomic E-state index is 12.4. The first kappa shape index (κ1) is 20.2. The molecule has 4 heterocycles. The standard InChI is InChI=1S/C21H25N7O2S/c1-2-31(29,30)27-11-15-3-5-21(6-7-22,9-16(15)12-27)28-13-17(10-26-28)19-18-4-8-23-20(18)25-14-24-19/h4,8,10,13-16H,2-3,5-6,9,11-12H2,1H3,(H,23,24,25)/t15-,16+,21-/m1/s1. The average Bonchev–Trinajstić information content (AvgIpc) is 3.52. The van der Waals surface area contributed by atoms with Crippen LogP contribution >= 0.6 is 0 Å². The Morgan fingerprint density at radius 3 is 2.97 bits per heavy atom. The number of nitrogens with zero attached hydrogens (tertiary/aromatic N) is 6. The third-order valence-electron chi connectivity index (χ3n) is 7.03. The molecule has 3 aromatic rings. The smallest absolute Gasteiger partial charge is 0.213 e. The summed E-state index contributed by atoms with van der Waals surface area (Å²) in [7, 11) is -3.19. The maximum atomic E-state index is 12.4. The molecule has 9 nitrogen and oxygen atoms in total. The fraction of sp³-hybridized carbons (Fsp3) is 0.524. The van der Waals surface area contributed by atoms with Crippen molar-refractivity contribution < 1.29 is 8.42 Å². The zero-order valence-electron chi connectivity index (χ0n) is 17.4. The van der Waals surface area contributed by atoms with E-state index in [9.17, 15) is 13.7 Å². The Morgan fingerprint density at radius 2 is 2.16 bits per heavy atom. The summed E-state index contributed by atoms with van der Waals surface area (Å²) in [6, 6.07) is 4.30. The molecule has 31 heavy (non-hydrogen) atoms. The van der Waals surface area contributed by atoms with Crippen LogP contribution in [0.5, 0.6) is 0 Å². The third-order valence-corrected chi connectivity index (χ3v) is 8.84. The van der Waals surface area contributed by atoms with Crippen LogP contribution in [0.4, 0.5) is 0 Å². The quantitative estimate of drug-likeness (QED) is 0.652. The Kier molecular flexibility index (Phi) is 4.83. The number of H-pyrrole nitrogens is 1. The van der Waals surface area contributed by atoms with Gasteiger partial charge < -0.3 is 4.98 Å². The van der Waals surface area contributed by atoms with E-state index >= 15 is 0 Å². The number of sulfonamides is 1. The molecule has 0 amide bonds. The van der Waals surface area contributed by atoms with E-state index < -0.39 is 15.6 Å². The zero-order chi connectivity index (χ0) is 21.6. The molecule has 10 heteroatoms. The van der Waals surface area contributed by atoms with E-state index in [-0.39, 0.29) is 11.7 Å². The van der Waals surface area contributed by atoms with E-state index in [0.29, 0.717) is 25.4 Å². The second-order valence-corrected chi connectivity index (χ2v) is 10.9. The van der Waals surface area contributed by atoms with Crippen molar-refractivity contribution >= 4 is 21.1 Å². The van der Waals surface area contributed by atoms with Crippen LogP contribution in [0.3, 0.4) is 0 Å². The van der Waals surface area contributed by atoms with Crippen molar-refractivity contribution in [3.63, 3.8) is 0 Å². The lowest BCUT2D eigenvalue weighted by Gasteiger charge is -2.41. The number of fused-ring (bicyclic) bond motifs is 2. The molecule has 0 bridgehead atoms. The summed E-state index contributed by atoms with van der Waals surface area (Å²) in [4.78, 5) is 11.8. The molecule has 1 aliphatic carbocycles. The minimum absolute atomic E-state index is 0.130. The number of nitrogens with one attached hydrogen (secondary N) is 1. The van der Waals surface area contributed by atoms with Crippen LogP contribution < -0.4 is 0 Å². The van der Waals surface area contributed by atoms with Gasteiger partial charge in [-0.05, 0) is 44.1 Å². The van der Waals surface area contributed by atoms with E-state index in [1.165, 1.54) is 6.33 Å². The topological polar surface area (TPSA) is 121 Å². The van der Waals surface area contributed by atoms with Gasteiger partial charge in [-0.15, -0.1) is 0 Å². The lowest BCUT2D eigenvalue weighted by atomic mass is 9.70. The Morgan fingerprint density at radius 1 is 1.32 bits per heavy atom. The van der Waals surface area contributed by atoms with Gasteiger partial charge in [-0.2, -0.15) is 10.4 Å². The van der Waals surface area contributed by atoms with Gasteiger partial charge in [0.05, 0.1) is 35.7 Å². The van der Waals surface area contributed by atoms with Crippen LogP contribution in [-0.2, 0) is 15.6 Å². The van der Waals surface area contributed by atoms with Gasteiger partial charge in [0.15, 0.2) is 0 Å². The van der Waals surface area contributed by atoms with Crippen LogP contribution in [-0.4, -0.2) is 56.3 Å². The molecule has 0 spiro atoms. The number of aromatic nitrogens is 5. The molecule has 5 rings (SSSR count). The summed E-state index contributed by atoms with van der Waals surface area (Å²) >= 11 is 0. The Hall–Kier alpha value is -2.77. The monoisotopic (exact) mass is 439 g/mol. The number of aromatic amines is 1. The van der Waals surface area contributed by atoms with Crippen LogP contribution in [0.25, 0.3) is 22.3 Å². The molecule has 1 N–H and O–H groups in total. The first-order chi connectivity index (χ1) is 15.0. The molecule has 2 fully saturated rings. The lowest BCUT2D eigenvalue weighted by molar-refractivity contribution is 0.111. The SMILES string of the molecule is CCS(=O)(=O)N1C[C@H]2CC[C@](CC#N)(n3cc(-c4ncnc5[nH]ccc45)cn3)C[C@H]2C1. The molecular formula is C21H25N7O2S. The molecule has 3 atom stereocenters. The van der Waals surface area contributed by atoms with Crippen LogP contribution in [0.1, 0.15) is 32.6 Å². The Balaban J connectivity index is 1.46. The molecule has 162 valence electrons. The zero-order valence-corrected chi connectivity index (χ0v) is 18.2. The predicted molar refractivity (Wildman–Crippen MR) is 115 cm³/mol. The minimum atomic E-state index is -3.19.